The van der Waals surface area contributed by atoms with E-state index in [-0.39, 0.29) is 22.0 Å². The molecule has 0 aliphatic carbocycles. The molecule has 0 aliphatic rings. The van der Waals surface area contributed by atoms with Crippen LogP contribution in [-0.4, -0.2) is 8.42 Å². The van der Waals surface area contributed by atoms with Crippen LogP contribution in [0.15, 0.2) is 35.2 Å². The molecule has 0 spiro atoms. The maximum atomic E-state index is 13.1. The van der Waals surface area contributed by atoms with Crippen molar-refractivity contribution < 1.29 is 21.6 Å². The molecule has 0 aliphatic heterocycles. The van der Waals surface area contributed by atoms with Gasteiger partial charge in [0.25, 0.3) is 0 Å². The highest BCUT2D eigenvalue weighted by Crippen LogP contribution is 2.20. The molecule has 0 radical (unpaired) electrons. The first kappa shape index (κ1) is 16.8. The molecule has 2 rings (SSSR count). The summed E-state index contributed by atoms with van der Waals surface area (Å²) in [5.41, 5.74) is 0.668. The van der Waals surface area contributed by atoms with Crippen molar-refractivity contribution in [1.29, 1.82) is 0 Å². The summed E-state index contributed by atoms with van der Waals surface area (Å²) < 4.78 is 65.3. The minimum Gasteiger partial charge on any atom is -0.207 e. The number of nitrogens with one attached hydrogen (secondary N) is 1. The summed E-state index contributed by atoms with van der Waals surface area (Å²) in [5, 5.41) is 0.279. The van der Waals surface area contributed by atoms with Crippen molar-refractivity contribution in [2.75, 3.05) is 0 Å². The summed E-state index contributed by atoms with van der Waals surface area (Å²) in [5.74, 6) is -4.36. The Morgan fingerprint density at radius 3 is 2.23 bits per heavy atom. The first-order valence-electron chi connectivity index (χ1n) is 6.10. The van der Waals surface area contributed by atoms with Crippen molar-refractivity contribution in [2.24, 2.45) is 0 Å². The number of hydrogen-bond acceptors (Lipinski definition) is 2. The van der Waals surface area contributed by atoms with E-state index in [2.05, 4.69) is 4.72 Å². The molecular weight excluding hydrogens is 339 g/mol. The van der Waals surface area contributed by atoms with Crippen molar-refractivity contribution in [3.63, 3.8) is 0 Å². The van der Waals surface area contributed by atoms with Crippen LogP contribution >= 0.6 is 11.6 Å². The molecule has 2 aromatic rings. The zero-order valence-electron chi connectivity index (χ0n) is 11.3. The molecule has 0 aromatic heterocycles. The Hall–Kier alpha value is -1.57. The topological polar surface area (TPSA) is 46.2 Å². The van der Waals surface area contributed by atoms with Gasteiger partial charge in [0.05, 0.1) is 4.90 Å². The predicted molar refractivity (Wildman–Crippen MR) is 76.5 cm³/mol. The van der Waals surface area contributed by atoms with Crippen LogP contribution in [0, 0.1) is 24.4 Å². The third kappa shape index (κ3) is 3.60. The van der Waals surface area contributed by atoms with Gasteiger partial charge in [-0.05, 0) is 42.3 Å². The number of hydrogen-bond donors (Lipinski definition) is 1. The molecule has 0 saturated carbocycles. The molecule has 8 heteroatoms. The summed E-state index contributed by atoms with van der Waals surface area (Å²) in [6, 6.07) is 5.61. The van der Waals surface area contributed by atoms with Crippen LogP contribution in [0.4, 0.5) is 13.2 Å². The second kappa shape index (κ2) is 6.28. The van der Waals surface area contributed by atoms with E-state index in [4.69, 9.17) is 11.6 Å². The number of aryl methyl sites for hydroxylation is 1. The van der Waals surface area contributed by atoms with Gasteiger partial charge in [0.2, 0.25) is 10.0 Å². The summed E-state index contributed by atoms with van der Waals surface area (Å²) in [4.78, 5) is -0.0776. The second-order valence-electron chi connectivity index (χ2n) is 4.61. The minimum absolute atomic E-state index is 0.0433. The molecular formula is C14H11ClF3NO2S. The number of rotatable bonds is 4. The number of sulfonamides is 1. The standard InChI is InChI=1S/C14H11ClF3NO2S/c1-8-2-3-10(6-11(8)15)22(20,21)19-7-9-4-12(16)14(18)13(17)5-9/h2-6,19H,7H2,1H3. The van der Waals surface area contributed by atoms with Crippen LogP contribution in [0.3, 0.4) is 0 Å². The highest BCUT2D eigenvalue weighted by Gasteiger charge is 2.16. The molecule has 0 amide bonds. The van der Waals surface area contributed by atoms with Gasteiger partial charge in [-0.15, -0.1) is 0 Å². The van der Waals surface area contributed by atoms with E-state index in [1.165, 1.54) is 18.2 Å². The predicted octanol–water partition coefficient (Wildman–Crippen LogP) is 3.54. The van der Waals surface area contributed by atoms with Gasteiger partial charge in [0, 0.05) is 11.6 Å². The largest absolute Gasteiger partial charge is 0.240 e. The maximum absolute atomic E-state index is 13.1. The van der Waals surface area contributed by atoms with Crippen molar-refractivity contribution >= 4 is 21.6 Å². The Kier molecular flexibility index (Phi) is 4.79. The van der Waals surface area contributed by atoms with Gasteiger partial charge < -0.3 is 0 Å². The summed E-state index contributed by atoms with van der Waals surface area (Å²) >= 11 is 5.86. The molecule has 2 aromatic carbocycles. The lowest BCUT2D eigenvalue weighted by Crippen LogP contribution is -2.23. The maximum Gasteiger partial charge on any atom is 0.240 e. The number of halogens is 4. The van der Waals surface area contributed by atoms with Gasteiger partial charge in [0.1, 0.15) is 0 Å². The fraction of sp³-hybridized carbons (Fsp3) is 0.143. The quantitative estimate of drug-likeness (QED) is 0.858. The number of benzene rings is 2. The fourth-order valence-electron chi connectivity index (χ4n) is 1.71. The Labute approximate surface area is 130 Å². The summed E-state index contributed by atoms with van der Waals surface area (Å²) in [6.45, 7) is 1.33. The third-order valence-corrected chi connectivity index (χ3v) is 4.77. The smallest absolute Gasteiger partial charge is 0.207 e. The average Bonchev–Trinajstić information content (AvgIpc) is 2.45. The lowest BCUT2D eigenvalue weighted by molar-refractivity contribution is 0.445. The summed E-state index contributed by atoms with van der Waals surface area (Å²) in [7, 11) is -3.91. The van der Waals surface area contributed by atoms with Gasteiger partial charge >= 0.3 is 0 Å². The first-order valence-corrected chi connectivity index (χ1v) is 7.96. The van der Waals surface area contributed by atoms with Crippen LogP contribution in [0.2, 0.25) is 5.02 Å². The van der Waals surface area contributed by atoms with E-state index in [0.717, 1.165) is 12.1 Å². The highest BCUT2D eigenvalue weighted by molar-refractivity contribution is 7.89. The third-order valence-electron chi connectivity index (χ3n) is 2.96. The van der Waals surface area contributed by atoms with Crippen LogP contribution in [0.1, 0.15) is 11.1 Å². The highest BCUT2D eigenvalue weighted by atomic mass is 35.5. The molecule has 0 saturated heterocycles. The molecule has 118 valence electrons. The van der Waals surface area contributed by atoms with E-state index < -0.39 is 27.5 Å². The van der Waals surface area contributed by atoms with Gasteiger partial charge in [-0.2, -0.15) is 0 Å². The van der Waals surface area contributed by atoms with Crippen LogP contribution < -0.4 is 4.72 Å². The van der Waals surface area contributed by atoms with E-state index >= 15 is 0 Å². The fourth-order valence-corrected chi connectivity index (χ4v) is 3.00. The van der Waals surface area contributed by atoms with E-state index in [1.54, 1.807) is 6.92 Å². The Morgan fingerprint density at radius 2 is 1.68 bits per heavy atom. The minimum atomic E-state index is -3.91. The molecule has 0 atom stereocenters. The summed E-state index contributed by atoms with van der Waals surface area (Å²) in [6.07, 6.45) is 0. The first-order chi connectivity index (χ1) is 10.2. The SMILES string of the molecule is Cc1ccc(S(=O)(=O)NCc2cc(F)c(F)c(F)c2)cc1Cl. The Morgan fingerprint density at radius 1 is 1.09 bits per heavy atom. The van der Waals surface area contributed by atoms with Gasteiger partial charge in [-0.25, -0.2) is 26.3 Å². The van der Waals surface area contributed by atoms with E-state index in [9.17, 15) is 21.6 Å². The molecule has 3 nitrogen and oxygen atoms in total. The lowest BCUT2D eigenvalue weighted by atomic mass is 10.2. The zero-order chi connectivity index (χ0) is 16.5. The molecule has 0 unspecified atom stereocenters. The zero-order valence-corrected chi connectivity index (χ0v) is 12.9. The molecule has 0 bridgehead atoms. The second-order valence-corrected chi connectivity index (χ2v) is 6.78. The van der Waals surface area contributed by atoms with E-state index in [1.807, 2.05) is 0 Å². The van der Waals surface area contributed by atoms with E-state index in [0.29, 0.717) is 5.56 Å². The molecule has 0 heterocycles. The van der Waals surface area contributed by atoms with Crippen LogP contribution in [-0.2, 0) is 16.6 Å². The van der Waals surface area contributed by atoms with Gasteiger partial charge in [-0.1, -0.05) is 17.7 Å². The van der Waals surface area contributed by atoms with Crippen LogP contribution in [0.5, 0.6) is 0 Å². The monoisotopic (exact) mass is 349 g/mol. The molecule has 22 heavy (non-hydrogen) atoms. The van der Waals surface area contributed by atoms with Crippen molar-refractivity contribution in [1.82, 2.24) is 4.72 Å². The van der Waals surface area contributed by atoms with Crippen molar-refractivity contribution in [3.05, 3.63) is 63.9 Å². The molecule has 1 N–H and O–H groups in total. The Bertz CT molecular complexity index is 802. The van der Waals surface area contributed by atoms with Crippen LogP contribution in [0.25, 0.3) is 0 Å². The average molecular weight is 350 g/mol. The van der Waals surface area contributed by atoms with Crippen molar-refractivity contribution in [3.8, 4) is 0 Å². The van der Waals surface area contributed by atoms with Gasteiger partial charge in [0.15, 0.2) is 17.5 Å². The lowest BCUT2D eigenvalue weighted by Gasteiger charge is -2.09. The van der Waals surface area contributed by atoms with Crippen molar-refractivity contribution in [2.45, 2.75) is 18.4 Å². The van der Waals surface area contributed by atoms with Gasteiger partial charge in [-0.3, -0.25) is 0 Å². The Balaban J connectivity index is 2.21. The molecule has 0 fully saturated rings. The normalized spacial score (nSPS) is 11.7.